The molecule has 0 fully saturated rings. The summed E-state index contributed by atoms with van der Waals surface area (Å²) in [6.07, 6.45) is 3.33. The fourth-order valence-corrected chi connectivity index (χ4v) is 2.12. The van der Waals surface area contributed by atoms with Gasteiger partial charge in [-0.3, -0.25) is 0 Å². The van der Waals surface area contributed by atoms with Gasteiger partial charge in [-0.05, 0) is 12.1 Å². The van der Waals surface area contributed by atoms with Gasteiger partial charge in [0.05, 0.1) is 25.5 Å². The van der Waals surface area contributed by atoms with Crippen molar-refractivity contribution in [3.8, 4) is 5.88 Å². The van der Waals surface area contributed by atoms with E-state index >= 15 is 0 Å². The van der Waals surface area contributed by atoms with Crippen molar-refractivity contribution in [3.05, 3.63) is 33.9 Å². The average Bonchev–Trinajstić information content (AvgIpc) is 2.73. The second kappa shape index (κ2) is 5.14. The molecule has 0 unspecified atom stereocenters. The lowest BCUT2D eigenvalue weighted by Crippen LogP contribution is -2.01. The molecule has 0 amide bonds. The summed E-state index contributed by atoms with van der Waals surface area (Å²) in [6.45, 7) is 0.611. The summed E-state index contributed by atoms with van der Waals surface area (Å²) in [5.74, 6) is 0.574. The molecule has 1 N–H and O–H groups in total. The molecule has 0 saturated carbocycles. The number of methoxy groups -OCH3 is 1. The van der Waals surface area contributed by atoms with Crippen LogP contribution in [0.15, 0.2) is 24.5 Å². The van der Waals surface area contributed by atoms with Crippen molar-refractivity contribution in [3.63, 3.8) is 0 Å². The summed E-state index contributed by atoms with van der Waals surface area (Å²) in [7, 11) is 1.59. The number of hydrogen-bond donors (Lipinski definition) is 1. The number of thiazole rings is 1. The van der Waals surface area contributed by atoms with Crippen LogP contribution in [0.5, 0.6) is 5.88 Å². The van der Waals surface area contributed by atoms with Crippen molar-refractivity contribution >= 4 is 28.6 Å². The summed E-state index contributed by atoms with van der Waals surface area (Å²) < 4.78 is 5.81. The third kappa shape index (κ3) is 2.62. The van der Waals surface area contributed by atoms with Gasteiger partial charge in [0.15, 0.2) is 0 Å². The first-order valence-electron chi connectivity index (χ1n) is 4.62. The molecule has 16 heavy (non-hydrogen) atoms. The largest absolute Gasteiger partial charge is 0.480 e. The predicted molar refractivity (Wildman–Crippen MR) is 65.2 cm³/mol. The van der Waals surface area contributed by atoms with Crippen molar-refractivity contribution in [2.24, 2.45) is 0 Å². The van der Waals surface area contributed by atoms with Gasteiger partial charge in [-0.15, -0.1) is 11.3 Å². The van der Waals surface area contributed by atoms with E-state index in [1.165, 1.54) is 11.3 Å². The third-order valence-electron chi connectivity index (χ3n) is 1.92. The fraction of sp³-hybridized carbons (Fsp3) is 0.200. The molecule has 2 aromatic heterocycles. The monoisotopic (exact) mass is 255 g/mol. The smallest absolute Gasteiger partial charge is 0.237 e. The van der Waals surface area contributed by atoms with Gasteiger partial charge in [-0.25, -0.2) is 9.97 Å². The molecule has 0 aromatic carbocycles. The normalized spacial score (nSPS) is 10.1. The summed E-state index contributed by atoms with van der Waals surface area (Å²) in [6, 6.07) is 3.75. The quantitative estimate of drug-likeness (QED) is 0.913. The van der Waals surface area contributed by atoms with E-state index in [1.54, 1.807) is 19.5 Å². The molecule has 0 aliphatic heterocycles. The maximum Gasteiger partial charge on any atom is 0.237 e. The van der Waals surface area contributed by atoms with Gasteiger partial charge in [-0.1, -0.05) is 11.6 Å². The van der Waals surface area contributed by atoms with E-state index in [2.05, 4.69) is 15.3 Å². The Morgan fingerprint density at radius 1 is 1.50 bits per heavy atom. The van der Waals surface area contributed by atoms with Gasteiger partial charge >= 0.3 is 0 Å². The highest BCUT2D eigenvalue weighted by molar-refractivity contribution is 7.15. The topological polar surface area (TPSA) is 47.0 Å². The van der Waals surface area contributed by atoms with Crippen molar-refractivity contribution in [1.82, 2.24) is 9.97 Å². The number of rotatable bonds is 4. The van der Waals surface area contributed by atoms with Crippen LogP contribution in [0.2, 0.25) is 4.34 Å². The molecule has 84 valence electrons. The van der Waals surface area contributed by atoms with Crippen molar-refractivity contribution in [2.75, 3.05) is 12.4 Å². The molecule has 2 aromatic rings. The van der Waals surface area contributed by atoms with E-state index in [0.29, 0.717) is 16.8 Å². The second-order valence-electron chi connectivity index (χ2n) is 2.97. The maximum absolute atomic E-state index is 5.79. The number of nitrogens with zero attached hydrogens (tertiary/aromatic N) is 2. The number of hydrogen-bond acceptors (Lipinski definition) is 5. The first-order valence-corrected chi connectivity index (χ1v) is 5.82. The minimum absolute atomic E-state index is 0.574. The average molecular weight is 256 g/mol. The van der Waals surface area contributed by atoms with E-state index in [-0.39, 0.29) is 0 Å². The number of nitrogens with one attached hydrogen (secondary N) is 1. The Morgan fingerprint density at radius 3 is 3.06 bits per heavy atom. The molecule has 0 aliphatic carbocycles. The molecule has 0 bridgehead atoms. The Kier molecular flexibility index (Phi) is 3.58. The number of pyridine rings is 1. The van der Waals surface area contributed by atoms with Crippen LogP contribution in [0.1, 0.15) is 5.01 Å². The Bertz CT molecular complexity index is 475. The van der Waals surface area contributed by atoms with Crippen LogP contribution in [-0.2, 0) is 6.54 Å². The summed E-state index contributed by atoms with van der Waals surface area (Å²) in [4.78, 5) is 8.24. The highest BCUT2D eigenvalue weighted by Gasteiger charge is 2.04. The molecule has 6 heteroatoms. The molecule has 0 saturated heterocycles. The van der Waals surface area contributed by atoms with Crippen LogP contribution in [0.4, 0.5) is 5.69 Å². The zero-order valence-corrected chi connectivity index (χ0v) is 10.2. The standard InChI is InChI=1S/C10H10ClN3OS/c1-15-10-7(3-2-4-12-10)13-6-9-14-5-8(11)16-9/h2-5,13H,6H2,1H3. The highest BCUT2D eigenvalue weighted by atomic mass is 35.5. The van der Waals surface area contributed by atoms with Crippen LogP contribution < -0.4 is 10.1 Å². The van der Waals surface area contributed by atoms with Crippen molar-refractivity contribution < 1.29 is 4.74 Å². The zero-order chi connectivity index (χ0) is 11.4. The third-order valence-corrected chi connectivity index (χ3v) is 3.03. The lowest BCUT2D eigenvalue weighted by molar-refractivity contribution is 0.399. The second-order valence-corrected chi connectivity index (χ2v) is 4.72. The summed E-state index contributed by atoms with van der Waals surface area (Å²) in [5, 5.41) is 4.12. The van der Waals surface area contributed by atoms with Gasteiger partial charge in [0.2, 0.25) is 5.88 Å². The lowest BCUT2D eigenvalue weighted by atomic mass is 10.4. The fourth-order valence-electron chi connectivity index (χ4n) is 1.23. The van der Waals surface area contributed by atoms with Gasteiger partial charge < -0.3 is 10.1 Å². The molecular formula is C10H10ClN3OS. The van der Waals surface area contributed by atoms with E-state index in [4.69, 9.17) is 16.3 Å². The van der Waals surface area contributed by atoms with Gasteiger partial charge in [0, 0.05) is 6.20 Å². The van der Waals surface area contributed by atoms with Crippen LogP contribution in [0, 0.1) is 0 Å². The number of halogens is 1. The van der Waals surface area contributed by atoms with Crippen LogP contribution in [-0.4, -0.2) is 17.1 Å². The maximum atomic E-state index is 5.79. The molecule has 2 heterocycles. The van der Waals surface area contributed by atoms with Crippen molar-refractivity contribution in [2.45, 2.75) is 6.54 Å². The van der Waals surface area contributed by atoms with Crippen molar-refractivity contribution in [1.29, 1.82) is 0 Å². The van der Waals surface area contributed by atoms with Crippen LogP contribution in [0.3, 0.4) is 0 Å². The molecule has 4 nitrogen and oxygen atoms in total. The summed E-state index contributed by atoms with van der Waals surface area (Å²) >= 11 is 7.24. The molecule has 2 rings (SSSR count). The lowest BCUT2D eigenvalue weighted by Gasteiger charge is -2.07. The molecule has 0 aliphatic rings. The molecular weight excluding hydrogens is 246 g/mol. The van der Waals surface area contributed by atoms with E-state index in [1.807, 2.05) is 12.1 Å². The van der Waals surface area contributed by atoms with E-state index in [9.17, 15) is 0 Å². The number of anilines is 1. The van der Waals surface area contributed by atoms with E-state index < -0.39 is 0 Å². The van der Waals surface area contributed by atoms with Crippen LogP contribution >= 0.6 is 22.9 Å². The molecule has 0 atom stereocenters. The molecule has 0 spiro atoms. The minimum atomic E-state index is 0.574. The Morgan fingerprint density at radius 2 is 2.38 bits per heavy atom. The van der Waals surface area contributed by atoms with Crippen LogP contribution in [0.25, 0.3) is 0 Å². The Hall–Kier alpha value is -1.33. The number of aromatic nitrogens is 2. The Labute approximate surface area is 102 Å². The molecule has 0 radical (unpaired) electrons. The van der Waals surface area contributed by atoms with Gasteiger partial charge in [-0.2, -0.15) is 0 Å². The summed E-state index contributed by atoms with van der Waals surface area (Å²) in [5.41, 5.74) is 0.844. The van der Waals surface area contributed by atoms with Gasteiger partial charge in [0.1, 0.15) is 9.34 Å². The first-order chi connectivity index (χ1) is 7.79. The minimum Gasteiger partial charge on any atom is -0.480 e. The zero-order valence-electron chi connectivity index (χ0n) is 8.61. The van der Waals surface area contributed by atoms with E-state index in [0.717, 1.165) is 10.7 Å². The Balaban J connectivity index is 2.04. The first kappa shape index (κ1) is 11.2. The number of ether oxygens (including phenoxy) is 1. The SMILES string of the molecule is COc1ncccc1NCc1ncc(Cl)s1. The highest BCUT2D eigenvalue weighted by Crippen LogP contribution is 2.23. The predicted octanol–water partition coefficient (Wildman–Crippen LogP) is 2.81. The van der Waals surface area contributed by atoms with Gasteiger partial charge in [0.25, 0.3) is 0 Å².